The molecule has 1 aliphatic rings. The fraction of sp³-hybridized carbons (Fsp3) is 0.333. The number of carboxylic acid groups (broad SMARTS) is 1. The summed E-state index contributed by atoms with van der Waals surface area (Å²) < 4.78 is 2.07. The number of benzene rings is 1. The SMILES string of the molecule is O=C(O)Cc1ncn2c1CN(Cc1ccccc1)CC2. The number of aliphatic carboxylic acids is 1. The molecule has 0 fully saturated rings. The molecule has 0 saturated heterocycles. The zero-order valence-corrected chi connectivity index (χ0v) is 11.2. The average molecular weight is 271 g/mol. The Morgan fingerprint density at radius 2 is 2.05 bits per heavy atom. The minimum atomic E-state index is -0.827. The van der Waals surface area contributed by atoms with Gasteiger partial charge in [0.05, 0.1) is 24.1 Å². The molecule has 1 N–H and O–H groups in total. The summed E-state index contributed by atoms with van der Waals surface area (Å²) in [6.45, 7) is 3.48. The highest BCUT2D eigenvalue weighted by Gasteiger charge is 2.21. The van der Waals surface area contributed by atoms with Crippen molar-refractivity contribution in [1.29, 1.82) is 0 Å². The molecule has 0 spiro atoms. The zero-order valence-electron chi connectivity index (χ0n) is 11.2. The van der Waals surface area contributed by atoms with Crippen molar-refractivity contribution < 1.29 is 9.90 Å². The second kappa shape index (κ2) is 5.46. The minimum Gasteiger partial charge on any atom is -0.481 e. The predicted molar refractivity (Wildman–Crippen MR) is 74.1 cm³/mol. The van der Waals surface area contributed by atoms with Crippen LogP contribution in [0.5, 0.6) is 0 Å². The molecule has 0 aliphatic carbocycles. The molecular formula is C15H17N3O2. The summed E-state index contributed by atoms with van der Waals surface area (Å²) in [5.74, 6) is -0.827. The third kappa shape index (κ3) is 2.72. The van der Waals surface area contributed by atoms with Gasteiger partial charge in [0, 0.05) is 26.2 Å². The van der Waals surface area contributed by atoms with Crippen molar-refractivity contribution >= 4 is 5.97 Å². The van der Waals surface area contributed by atoms with Crippen LogP contribution in [-0.4, -0.2) is 32.1 Å². The van der Waals surface area contributed by atoms with Crippen LogP contribution < -0.4 is 0 Å². The lowest BCUT2D eigenvalue weighted by molar-refractivity contribution is -0.136. The van der Waals surface area contributed by atoms with Crippen LogP contribution in [0.15, 0.2) is 36.7 Å². The average Bonchev–Trinajstić information content (AvgIpc) is 2.82. The number of carbonyl (C=O) groups is 1. The van der Waals surface area contributed by atoms with Gasteiger partial charge in [-0.2, -0.15) is 0 Å². The lowest BCUT2D eigenvalue weighted by Crippen LogP contribution is -2.33. The summed E-state index contributed by atoms with van der Waals surface area (Å²) in [7, 11) is 0. The van der Waals surface area contributed by atoms with Crippen molar-refractivity contribution in [3.63, 3.8) is 0 Å². The van der Waals surface area contributed by atoms with Crippen LogP contribution in [0.4, 0.5) is 0 Å². The standard InChI is InChI=1S/C15H17N3O2/c19-15(20)8-13-14-10-17(6-7-18(14)11-16-13)9-12-4-2-1-3-5-12/h1-5,11H,6-10H2,(H,19,20). The molecule has 3 rings (SSSR count). The third-order valence-corrected chi connectivity index (χ3v) is 3.63. The molecule has 5 nitrogen and oxygen atoms in total. The number of rotatable bonds is 4. The van der Waals surface area contributed by atoms with E-state index in [2.05, 4.69) is 26.6 Å². The molecule has 0 amide bonds. The molecule has 20 heavy (non-hydrogen) atoms. The molecule has 1 aromatic heterocycles. The van der Waals surface area contributed by atoms with Gasteiger partial charge in [-0.15, -0.1) is 0 Å². The number of hydrogen-bond acceptors (Lipinski definition) is 3. The number of aromatic nitrogens is 2. The maximum atomic E-state index is 10.9. The normalized spacial score (nSPS) is 15.0. The fourth-order valence-corrected chi connectivity index (χ4v) is 2.63. The van der Waals surface area contributed by atoms with Gasteiger partial charge in [-0.3, -0.25) is 9.69 Å². The van der Waals surface area contributed by atoms with E-state index in [9.17, 15) is 4.79 Å². The molecule has 2 heterocycles. The van der Waals surface area contributed by atoms with Crippen LogP contribution in [0.3, 0.4) is 0 Å². The molecule has 0 bridgehead atoms. The van der Waals surface area contributed by atoms with Crippen LogP contribution in [0.1, 0.15) is 17.0 Å². The Hall–Kier alpha value is -2.14. The van der Waals surface area contributed by atoms with E-state index >= 15 is 0 Å². The van der Waals surface area contributed by atoms with E-state index in [1.54, 1.807) is 6.33 Å². The van der Waals surface area contributed by atoms with Crippen LogP contribution in [-0.2, 0) is 30.8 Å². The van der Waals surface area contributed by atoms with E-state index in [4.69, 9.17) is 5.11 Å². The first-order valence-electron chi connectivity index (χ1n) is 6.73. The van der Waals surface area contributed by atoms with Crippen molar-refractivity contribution in [3.05, 3.63) is 53.6 Å². The number of carboxylic acids is 1. The van der Waals surface area contributed by atoms with Gasteiger partial charge in [0.25, 0.3) is 0 Å². The molecule has 0 saturated carbocycles. The van der Waals surface area contributed by atoms with Gasteiger partial charge >= 0.3 is 5.97 Å². The summed E-state index contributed by atoms with van der Waals surface area (Å²) in [5, 5.41) is 8.93. The highest BCUT2D eigenvalue weighted by Crippen LogP contribution is 2.18. The van der Waals surface area contributed by atoms with Crippen LogP contribution in [0, 0.1) is 0 Å². The number of fused-ring (bicyclic) bond motifs is 1. The van der Waals surface area contributed by atoms with Gasteiger partial charge in [-0.25, -0.2) is 4.98 Å². The van der Waals surface area contributed by atoms with Crippen LogP contribution >= 0.6 is 0 Å². The van der Waals surface area contributed by atoms with Gasteiger partial charge in [-0.1, -0.05) is 30.3 Å². The molecule has 104 valence electrons. The van der Waals surface area contributed by atoms with Crippen LogP contribution in [0.25, 0.3) is 0 Å². The number of hydrogen-bond donors (Lipinski definition) is 1. The van der Waals surface area contributed by atoms with E-state index in [1.165, 1.54) is 5.56 Å². The van der Waals surface area contributed by atoms with E-state index < -0.39 is 5.97 Å². The lowest BCUT2D eigenvalue weighted by Gasteiger charge is -2.28. The highest BCUT2D eigenvalue weighted by molar-refractivity contribution is 5.69. The smallest absolute Gasteiger partial charge is 0.309 e. The molecule has 1 aliphatic heterocycles. The van der Waals surface area contributed by atoms with Gasteiger partial charge < -0.3 is 9.67 Å². The molecule has 0 atom stereocenters. The Morgan fingerprint density at radius 1 is 1.25 bits per heavy atom. The Morgan fingerprint density at radius 3 is 2.80 bits per heavy atom. The quantitative estimate of drug-likeness (QED) is 0.916. The molecule has 2 aromatic rings. The molecule has 1 aromatic carbocycles. The van der Waals surface area contributed by atoms with E-state index in [0.29, 0.717) is 5.69 Å². The maximum absolute atomic E-state index is 10.9. The Kier molecular flexibility index (Phi) is 3.52. The van der Waals surface area contributed by atoms with Crippen molar-refractivity contribution in [2.45, 2.75) is 26.1 Å². The molecule has 0 unspecified atom stereocenters. The first kappa shape index (κ1) is 12.9. The molecule has 5 heteroatoms. The lowest BCUT2D eigenvalue weighted by atomic mass is 10.1. The summed E-state index contributed by atoms with van der Waals surface area (Å²) >= 11 is 0. The van der Waals surface area contributed by atoms with E-state index in [-0.39, 0.29) is 6.42 Å². The number of imidazole rings is 1. The van der Waals surface area contributed by atoms with E-state index in [0.717, 1.165) is 31.9 Å². The minimum absolute atomic E-state index is 0.00150. The predicted octanol–water partition coefficient (Wildman–Crippen LogP) is 1.53. The summed E-state index contributed by atoms with van der Waals surface area (Å²) in [6, 6.07) is 10.3. The first-order valence-corrected chi connectivity index (χ1v) is 6.73. The largest absolute Gasteiger partial charge is 0.481 e. The molecular weight excluding hydrogens is 254 g/mol. The topological polar surface area (TPSA) is 58.4 Å². The second-order valence-electron chi connectivity index (χ2n) is 5.10. The van der Waals surface area contributed by atoms with Gasteiger partial charge in [0.1, 0.15) is 0 Å². The fourth-order valence-electron chi connectivity index (χ4n) is 2.63. The van der Waals surface area contributed by atoms with Crippen molar-refractivity contribution in [1.82, 2.24) is 14.5 Å². The van der Waals surface area contributed by atoms with Gasteiger partial charge in [0.15, 0.2) is 0 Å². The second-order valence-corrected chi connectivity index (χ2v) is 5.10. The van der Waals surface area contributed by atoms with Gasteiger partial charge in [-0.05, 0) is 5.56 Å². The van der Waals surface area contributed by atoms with Crippen molar-refractivity contribution in [2.24, 2.45) is 0 Å². The summed E-state index contributed by atoms with van der Waals surface area (Å²) in [6.07, 6.45) is 1.76. The maximum Gasteiger partial charge on any atom is 0.309 e. The third-order valence-electron chi connectivity index (χ3n) is 3.63. The van der Waals surface area contributed by atoms with Crippen molar-refractivity contribution in [3.8, 4) is 0 Å². The summed E-state index contributed by atoms with van der Waals surface area (Å²) in [5.41, 5.74) is 3.00. The highest BCUT2D eigenvalue weighted by atomic mass is 16.4. The Bertz CT molecular complexity index is 607. The van der Waals surface area contributed by atoms with E-state index in [1.807, 2.05) is 18.2 Å². The van der Waals surface area contributed by atoms with Gasteiger partial charge in [0.2, 0.25) is 0 Å². The molecule has 0 radical (unpaired) electrons. The first-order chi connectivity index (χ1) is 9.72. The number of nitrogens with zero attached hydrogens (tertiary/aromatic N) is 3. The monoisotopic (exact) mass is 271 g/mol. The zero-order chi connectivity index (χ0) is 13.9. The Balaban J connectivity index is 1.74. The van der Waals surface area contributed by atoms with Crippen LogP contribution in [0.2, 0.25) is 0 Å². The van der Waals surface area contributed by atoms with Crippen molar-refractivity contribution in [2.75, 3.05) is 6.54 Å². The Labute approximate surface area is 117 Å². The summed E-state index contributed by atoms with van der Waals surface area (Å²) in [4.78, 5) is 17.4.